The zero-order valence-electron chi connectivity index (χ0n) is 10.1. The molecule has 1 amide bonds. The highest BCUT2D eigenvalue weighted by Gasteiger charge is 2.33. The Hall–Kier alpha value is -2.09. The topological polar surface area (TPSA) is 68.0 Å². The van der Waals surface area contributed by atoms with E-state index >= 15 is 0 Å². The molecule has 0 bridgehead atoms. The molecule has 0 aliphatic rings. The summed E-state index contributed by atoms with van der Waals surface area (Å²) in [6.45, 7) is 0.217. The van der Waals surface area contributed by atoms with Crippen LogP contribution >= 0.6 is 11.3 Å². The van der Waals surface area contributed by atoms with E-state index < -0.39 is 23.3 Å². The summed E-state index contributed by atoms with van der Waals surface area (Å²) >= 11 is 1.34. The number of halogens is 3. The third-order valence-electron chi connectivity index (χ3n) is 2.53. The molecule has 1 heterocycles. The van der Waals surface area contributed by atoms with E-state index in [9.17, 15) is 18.0 Å². The lowest BCUT2D eigenvalue weighted by Crippen LogP contribution is -2.23. The fourth-order valence-corrected chi connectivity index (χ4v) is 2.08. The van der Waals surface area contributed by atoms with E-state index in [1.165, 1.54) is 17.4 Å². The second-order valence-corrected chi connectivity index (χ2v) is 4.92. The highest BCUT2D eigenvalue weighted by Crippen LogP contribution is 2.33. The Morgan fingerprint density at radius 1 is 1.40 bits per heavy atom. The van der Waals surface area contributed by atoms with Crippen molar-refractivity contribution in [3.63, 3.8) is 0 Å². The Labute approximate surface area is 116 Å². The summed E-state index contributed by atoms with van der Waals surface area (Å²) in [4.78, 5) is 16.4. The van der Waals surface area contributed by atoms with Crippen LogP contribution in [0.1, 0.15) is 20.8 Å². The third kappa shape index (κ3) is 3.27. The van der Waals surface area contributed by atoms with Crippen LogP contribution in [0.25, 0.3) is 0 Å². The third-order valence-corrected chi connectivity index (χ3v) is 3.31. The number of aromatic nitrogens is 1. The van der Waals surface area contributed by atoms with Crippen LogP contribution in [-0.2, 0) is 12.7 Å². The molecule has 1 aromatic heterocycles. The van der Waals surface area contributed by atoms with E-state index in [0.29, 0.717) is 0 Å². The molecular formula is C12H10F3N3OS. The summed E-state index contributed by atoms with van der Waals surface area (Å²) in [5.74, 6) is -0.594. The molecule has 0 aliphatic carbocycles. The molecule has 1 aromatic carbocycles. The number of rotatable bonds is 3. The maximum atomic E-state index is 12.7. The van der Waals surface area contributed by atoms with Crippen molar-refractivity contribution in [1.29, 1.82) is 0 Å². The van der Waals surface area contributed by atoms with E-state index in [2.05, 4.69) is 10.3 Å². The predicted octanol–water partition coefficient (Wildman–Crippen LogP) is 2.67. The van der Waals surface area contributed by atoms with Gasteiger partial charge < -0.3 is 11.1 Å². The van der Waals surface area contributed by atoms with Crippen molar-refractivity contribution in [2.45, 2.75) is 12.7 Å². The number of hydrogen-bond acceptors (Lipinski definition) is 4. The minimum absolute atomic E-state index is 0.0870. The van der Waals surface area contributed by atoms with Crippen molar-refractivity contribution in [1.82, 2.24) is 10.3 Å². The molecular weight excluding hydrogens is 291 g/mol. The number of nitrogens with one attached hydrogen (secondary N) is 1. The maximum Gasteiger partial charge on any atom is 0.418 e. The predicted molar refractivity (Wildman–Crippen MR) is 69.1 cm³/mol. The summed E-state index contributed by atoms with van der Waals surface area (Å²) in [6, 6.07) is 3.08. The number of nitrogen functional groups attached to an aromatic ring is 1. The molecule has 20 heavy (non-hydrogen) atoms. The Morgan fingerprint density at radius 3 is 2.75 bits per heavy atom. The number of anilines is 1. The summed E-state index contributed by atoms with van der Waals surface area (Å²) in [5.41, 5.74) is 5.37. The van der Waals surface area contributed by atoms with Gasteiger partial charge in [-0.2, -0.15) is 13.2 Å². The first-order chi connectivity index (χ1) is 9.38. The average molecular weight is 301 g/mol. The number of benzene rings is 1. The van der Waals surface area contributed by atoms with Crippen LogP contribution in [0.3, 0.4) is 0 Å². The normalized spacial score (nSPS) is 11.3. The summed E-state index contributed by atoms with van der Waals surface area (Å²) in [7, 11) is 0. The number of thiazole rings is 1. The van der Waals surface area contributed by atoms with Crippen LogP contribution in [0.15, 0.2) is 29.9 Å². The van der Waals surface area contributed by atoms with Crippen LogP contribution in [0.5, 0.6) is 0 Å². The van der Waals surface area contributed by atoms with E-state index in [4.69, 9.17) is 5.73 Å². The molecule has 8 heteroatoms. The van der Waals surface area contributed by atoms with Crippen molar-refractivity contribution >= 4 is 22.9 Å². The summed E-state index contributed by atoms with van der Waals surface area (Å²) < 4.78 is 38.0. The van der Waals surface area contributed by atoms with Crippen LogP contribution in [0, 0.1) is 0 Å². The van der Waals surface area contributed by atoms with Crippen LogP contribution in [-0.4, -0.2) is 10.9 Å². The lowest BCUT2D eigenvalue weighted by Gasteiger charge is -2.11. The van der Waals surface area contributed by atoms with E-state index in [-0.39, 0.29) is 12.1 Å². The van der Waals surface area contributed by atoms with E-state index in [0.717, 1.165) is 17.0 Å². The molecule has 4 nitrogen and oxygen atoms in total. The molecule has 0 aliphatic heterocycles. The van der Waals surface area contributed by atoms with Crippen molar-refractivity contribution < 1.29 is 18.0 Å². The first-order valence-corrected chi connectivity index (χ1v) is 6.38. The molecule has 3 N–H and O–H groups in total. The van der Waals surface area contributed by atoms with Gasteiger partial charge in [0.1, 0.15) is 0 Å². The fourth-order valence-electron chi connectivity index (χ4n) is 1.54. The fraction of sp³-hybridized carbons (Fsp3) is 0.167. The van der Waals surface area contributed by atoms with Gasteiger partial charge in [-0.05, 0) is 18.2 Å². The summed E-state index contributed by atoms with van der Waals surface area (Å²) in [6.07, 6.45) is -3.01. The number of nitrogens with zero attached hydrogens (tertiary/aromatic N) is 1. The van der Waals surface area contributed by atoms with Gasteiger partial charge in [0.05, 0.1) is 17.6 Å². The van der Waals surface area contributed by atoms with Gasteiger partial charge in [0.2, 0.25) is 0 Å². The van der Waals surface area contributed by atoms with Gasteiger partial charge in [-0.25, -0.2) is 0 Å². The Morgan fingerprint density at radius 2 is 2.15 bits per heavy atom. The highest BCUT2D eigenvalue weighted by atomic mass is 32.1. The quantitative estimate of drug-likeness (QED) is 0.856. The first-order valence-electron chi connectivity index (χ1n) is 5.50. The standard InChI is InChI=1S/C12H10F3N3OS/c13-12(14,15)9-3-7(1-2-10(9)16)11(19)18-5-8-4-17-6-20-8/h1-4,6H,5,16H2,(H,18,19). The van der Waals surface area contributed by atoms with Gasteiger partial charge in [-0.3, -0.25) is 9.78 Å². The van der Waals surface area contributed by atoms with Gasteiger partial charge >= 0.3 is 6.18 Å². The van der Waals surface area contributed by atoms with Crippen molar-refractivity contribution in [2.24, 2.45) is 0 Å². The van der Waals surface area contributed by atoms with Gasteiger partial charge in [0.15, 0.2) is 0 Å². The molecule has 2 rings (SSSR count). The Balaban J connectivity index is 2.14. The molecule has 0 radical (unpaired) electrons. The zero-order chi connectivity index (χ0) is 14.8. The van der Waals surface area contributed by atoms with E-state index in [1.54, 1.807) is 11.7 Å². The monoisotopic (exact) mass is 301 g/mol. The number of hydrogen-bond donors (Lipinski definition) is 2. The zero-order valence-corrected chi connectivity index (χ0v) is 10.9. The van der Waals surface area contributed by atoms with E-state index in [1.807, 2.05) is 0 Å². The number of carbonyl (C=O) groups excluding carboxylic acids is 1. The summed E-state index contributed by atoms with van der Waals surface area (Å²) in [5, 5.41) is 2.52. The van der Waals surface area contributed by atoms with Crippen molar-refractivity contribution in [3.8, 4) is 0 Å². The van der Waals surface area contributed by atoms with Crippen LogP contribution < -0.4 is 11.1 Å². The maximum absolute atomic E-state index is 12.7. The minimum atomic E-state index is -4.59. The highest BCUT2D eigenvalue weighted by molar-refractivity contribution is 7.09. The molecule has 0 saturated heterocycles. The smallest absolute Gasteiger partial charge is 0.398 e. The molecule has 0 atom stereocenters. The molecule has 0 spiro atoms. The molecule has 0 unspecified atom stereocenters. The number of amides is 1. The van der Waals surface area contributed by atoms with Crippen molar-refractivity contribution in [3.05, 3.63) is 45.9 Å². The van der Waals surface area contributed by atoms with Crippen LogP contribution in [0.2, 0.25) is 0 Å². The minimum Gasteiger partial charge on any atom is -0.398 e. The Kier molecular flexibility index (Phi) is 3.93. The Bertz CT molecular complexity index is 611. The van der Waals surface area contributed by atoms with Gasteiger partial charge in [-0.15, -0.1) is 11.3 Å². The van der Waals surface area contributed by atoms with Gasteiger partial charge in [0, 0.05) is 22.3 Å². The number of carbonyl (C=O) groups is 1. The lowest BCUT2D eigenvalue weighted by atomic mass is 10.1. The number of alkyl halides is 3. The molecule has 2 aromatic rings. The second kappa shape index (κ2) is 5.49. The number of nitrogens with two attached hydrogens (primary N) is 1. The molecule has 0 saturated carbocycles. The lowest BCUT2D eigenvalue weighted by molar-refractivity contribution is -0.136. The van der Waals surface area contributed by atoms with Gasteiger partial charge in [0.25, 0.3) is 5.91 Å². The molecule has 106 valence electrons. The van der Waals surface area contributed by atoms with Crippen LogP contribution in [0.4, 0.5) is 18.9 Å². The molecule has 0 fully saturated rings. The first kappa shape index (κ1) is 14.3. The van der Waals surface area contributed by atoms with Crippen molar-refractivity contribution in [2.75, 3.05) is 5.73 Å². The largest absolute Gasteiger partial charge is 0.418 e. The SMILES string of the molecule is Nc1ccc(C(=O)NCc2cncs2)cc1C(F)(F)F. The second-order valence-electron chi connectivity index (χ2n) is 3.95. The van der Waals surface area contributed by atoms with Gasteiger partial charge in [-0.1, -0.05) is 0 Å². The average Bonchev–Trinajstić information content (AvgIpc) is 2.88.